The summed E-state index contributed by atoms with van der Waals surface area (Å²) in [5.74, 6) is 1.16. The molecule has 1 aromatic heterocycles. The molecule has 2 atom stereocenters. The van der Waals surface area contributed by atoms with Gasteiger partial charge in [-0.05, 0) is 42.2 Å². The van der Waals surface area contributed by atoms with Gasteiger partial charge in [0, 0.05) is 4.88 Å². The first-order chi connectivity index (χ1) is 14.2. The molecule has 158 valence electrons. The van der Waals surface area contributed by atoms with Gasteiger partial charge in [0.25, 0.3) is 11.6 Å². The van der Waals surface area contributed by atoms with Gasteiger partial charge < -0.3 is 20.1 Å². The van der Waals surface area contributed by atoms with Crippen molar-refractivity contribution in [1.82, 2.24) is 5.32 Å². The van der Waals surface area contributed by atoms with Crippen molar-refractivity contribution < 1.29 is 19.2 Å². The monoisotopic (exact) mass is 429 g/mol. The molecule has 1 aliphatic carbocycles. The van der Waals surface area contributed by atoms with Crippen LogP contribution in [0.1, 0.15) is 59.7 Å². The Balaban J connectivity index is 1.51. The largest absolute Gasteiger partial charge is 0.454 e. The van der Waals surface area contributed by atoms with Crippen LogP contribution in [0.15, 0.2) is 12.1 Å². The van der Waals surface area contributed by atoms with E-state index in [0.29, 0.717) is 28.5 Å². The molecule has 0 saturated carbocycles. The standard InChI is InChI=1S/C21H23N3O5S/c1-21(2,3)10-4-5-11-16(6-10)30-20-17(11)19(25)22-18(23-20)12-7-14-15(29-9-28-14)8-13(12)24(26)27/h7-8,10,18,23H,4-6,9H2,1-3H3,(H,22,25)/t10-,18-/m0/s1. The number of carbonyl (C=O) groups excluding carboxylic acids is 1. The van der Waals surface area contributed by atoms with E-state index in [0.717, 1.165) is 29.8 Å². The van der Waals surface area contributed by atoms with Crippen LogP contribution in [-0.4, -0.2) is 17.6 Å². The van der Waals surface area contributed by atoms with Crippen molar-refractivity contribution in [2.75, 3.05) is 12.1 Å². The lowest BCUT2D eigenvalue weighted by molar-refractivity contribution is -0.385. The Kier molecular flexibility index (Phi) is 4.22. The summed E-state index contributed by atoms with van der Waals surface area (Å²) in [6, 6.07) is 2.93. The number of thiophene rings is 1. The number of ether oxygens (including phenoxy) is 2. The minimum atomic E-state index is -0.710. The number of nitro groups is 1. The van der Waals surface area contributed by atoms with Gasteiger partial charge in [0.15, 0.2) is 11.5 Å². The van der Waals surface area contributed by atoms with Crippen molar-refractivity contribution in [3.63, 3.8) is 0 Å². The quantitative estimate of drug-likeness (QED) is 0.542. The number of carbonyl (C=O) groups is 1. The Labute approximate surface area is 177 Å². The third-order valence-corrected chi connectivity index (χ3v) is 7.48. The van der Waals surface area contributed by atoms with Crippen LogP contribution < -0.4 is 20.1 Å². The molecular weight excluding hydrogens is 406 g/mol. The van der Waals surface area contributed by atoms with E-state index in [1.165, 1.54) is 10.9 Å². The normalized spacial score (nSPS) is 22.0. The number of hydrogen-bond donors (Lipinski definition) is 2. The first-order valence-electron chi connectivity index (χ1n) is 10.0. The summed E-state index contributed by atoms with van der Waals surface area (Å²) in [6.07, 6.45) is 2.19. The van der Waals surface area contributed by atoms with Crippen molar-refractivity contribution >= 4 is 27.9 Å². The number of fused-ring (bicyclic) bond motifs is 4. The molecule has 3 aliphatic rings. The first kappa shape index (κ1) is 19.2. The molecule has 0 bridgehead atoms. The molecule has 8 nitrogen and oxygen atoms in total. The van der Waals surface area contributed by atoms with Crippen LogP contribution in [0.3, 0.4) is 0 Å². The van der Waals surface area contributed by atoms with E-state index in [1.807, 2.05) is 0 Å². The summed E-state index contributed by atoms with van der Waals surface area (Å²) in [6.45, 7) is 6.80. The van der Waals surface area contributed by atoms with Gasteiger partial charge in [0.1, 0.15) is 11.2 Å². The van der Waals surface area contributed by atoms with Gasteiger partial charge in [-0.25, -0.2) is 0 Å². The van der Waals surface area contributed by atoms with Crippen LogP contribution in [0.5, 0.6) is 11.5 Å². The van der Waals surface area contributed by atoms with E-state index in [-0.39, 0.29) is 23.8 Å². The lowest BCUT2D eigenvalue weighted by Gasteiger charge is -2.34. The second kappa shape index (κ2) is 6.60. The Hall–Kier alpha value is -2.81. The number of hydrogen-bond acceptors (Lipinski definition) is 7. The van der Waals surface area contributed by atoms with E-state index >= 15 is 0 Å². The maximum absolute atomic E-state index is 13.0. The number of amides is 1. The Bertz CT molecular complexity index is 1070. The van der Waals surface area contributed by atoms with Gasteiger partial charge in [-0.15, -0.1) is 11.3 Å². The minimum absolute atomic E-state index is 0.0249. The zero-order chi connectivity index (χ0) is 21.2. The van der Waals surface area contributed by atoms with Crippen LogP contribution in [0.4, 0.5) is 10.7 Å². The molecule has 1 amide bonds. The van der Waals surface area contributed by atoms with Gasteiger partial charge >= 0.3 is 0 Å². The summed E-state index contributed by atoms with van der Waals surface area (Å²) in [5.41, 5.74) is 2.27. The molecule has 0 saturated heterocycles. The third kappa shape index (κ3) is 2.99. The van der Waals surface area contributed by atoms with Crippen LogP contribution in [-0.2, 0) is 12.8 Å². The third-order valence-electron chi connectivity index (χ3n) is 6.30. The van der Waals surface area contributed by atoms with E-state index in [2.05, 4.69) is 31.4 Å². The Morgan fingerprint density at radius 2 is 1.93 bits per heavy atom. The highest BCUT2D eigenvalue weighted by molar-refractivity contribution is 7.16. The van der Waals surface area contributed by atoms with Crippen LogP contribution >= 0.6 is 11.3 Å². The summed E-state index contributed by atoms with van der Waals surface area (Å²) in [4.78, 5) is 25.5. The van der Waals surface area contributed by atoms with E-state index < -0.39 is 11.1 Å². The first-order valence-corrected chi connectivity index (χ1v) is 10.8. The summed E-state index contributed by atoms with van der Waals surface area (Å²) < 4.78 is 10.7. The molecule has 0 unspecified atom stereocenters. The van der Waals surface area contributed by atoms with Gasteiger partial charge in [0.2, 0.25) is 6.79 Å². The lowest BCUT2D eigenvalue weighted by atomic mass is 9.72. The highest BCUT2D eigenvalue weighted by atomic mass is 32.1. The molecule has 0 fully saturated rings. The van der Waals surface area contributed by atoms with Crippen molar-refractivity contribution in [1.29, 1.82) is 0 Å². The summed E-state index contributed by atoms with van der Waals surface area (Å²) >= 11 is 1.60. The maximum Gasteiger partial charge on any atom is 0.280 e. The fraction of sp³-hybridized carbons (Fsp3) is 0.476. The van der Waals surface area contributed by atoms with Crippen LogP contribution in [0.25, 0.3) is 0 Å². The highest BCUT2D eigenvalue weighted by Crippen LogP contribution is 2.47. The zero-order valence-corrected chi connectivity index (χ0v) is 17.9. The number of nitrogens with one attached hydrogen (secondary N) is 2. The summed E-state index contributed by atoms with van der Waals surface area (Å²) in [7, 11) is 0. The maximum atomic E-state index is 13.0. The molecule has 30 heavy (non-hydrogen) atoms. The van der Waals surface area contributed by atoms with E-state index in [1.54, 1.807) is 17.4 Å². The molecule has 2 aliphatic heterocycles. The Morgan fingerprint density at radius 1 is 1.20 bits per heavy atom. The fourth-order valence-electron chi connectivity index (χ4n) is 4.53. The van der Waals surface area contributed by atoms with Gasteiger partial charge in [-0.2, -0.15) is 0 Å². The predicted molar refractivity (Wildman–Crippen MR) is 112 cm³/mol. The second-order valence-corrected chi connectivity index (χ2v) is 10.2. The second-order valence-electron chi connectivity index (χ2n) is 9.09. The molecule has 0 spiro atoms. The SMILES string of the molecule is CC(C)(C)[C@H]1CCc2c(sc3c2C(=O)N[C@H](c2cc4c(cc2[N+](=O)[O-])OCO4)N3)C1. The number of benzene rings is 1. The molecule has 3 heterocycles. The number of rotatable bonds is 2. The van der Waals surface area contributed by atoms with Crippen LogP contribution in [0.2, 0.25) is 0 Å². The molecule has 1 aromatic carbocycles. The van der Waals surface area contributed by atoms with Gasteiger partial charge in [0.05, 0.1) is 22.1 Å². The van der Waals surface area contributed by atoms with E-state index in [9.17, 15) is 14.9 Å². The Morgan fingerprint density at radius 3 is 2.63 bits per heavy atom. The predicted octanol–water partition coefficient (Wildman–Crippen LogP) is 4.39. The molecule has 2 N–H and O–H groups in total. The lowest BCUT2D eigenvalue weighted by Crippen LogP contribution is -2.38. The number of nitrogens with zero attached hydrogens (tertiary/aromatic N) is 1. The molecule has 0 radical (unpaired) electrons. The van der Waals surface area contributed by atoms with Crippen molar-refractivity contribution in [2.24, 2.45) is 11.3 Å². The zero-order valence-electron chi connectivity index (χ0n) is 17.0. The molecule has 9 heteroatoms. The molecule has 2 aromatic rings. The van der Waals surface area contributed by atoms with Crippen LogP contribution in [0, 0.1) is 21.4 Å². The van der Waals surface area contributed by atoms with Gasteiger partial charge in [-0.3, -0.25) is 14.9 Å². The number of anilines is 1. The number of nitro benzene ring substituents is 1. The molecule has 5 rings (SSSR count). The highest BCUT2D eigenvalue weighted by Gasteiger charge is 2.38. The topological polar surface area (TPSA) is 103 Å². The van der Waals surface area contributed by atoms with Crippen molar-refractivity contribution in [2.45, 2.75) is 46.2 Å². The van der Waals surface area contributed by atoms with Gasteiger partial charge in [-0.1, -0.05) is 20.8 Å². The summed E-state index contributed by atoms with van der Waals surface area (Å²) in [5, 5.41) is 18.7. The minimum Gasteiger partial charge on any atom is -0.454 e. The van der Waals surface area contributed by atoms with Crippen molar-refractivity contribution in [3.8, 4) is 11.5 Å². The van der Waals surface area contributed by atoms with Crippen molar-refractivity contribution in [3.05, 3.63) is 43.8 Å². The fourth-order valence-corrected chi connectivity index (χ4v) is 5.88. The van der Waals surface area contributed by atoms with E-state index in [4.69, 9.17) is 9.47 Å². The average Bonchev–Trinajstić information content (AvgIpc) is 3.29. The average molecular weight is 429 g/mol. The molecular formula is C21H23N3O5S. The smallest absolute Gasteiger partial charge is 0.280 e.